The van der Waals surface area contributed by atoms with Gasteiger partial charge in [0.25, 0.3) is 0 Å². The molecule has 0 aliphatic heterocycles. The third-order valence-electron chi connectivity index (χ3n) is 3.49. The van der Waals surface area contributed by atoms with Crippen molar-refractivity contribution >= 4 is 11.8 Å². The fourth-order valence-electron chi connectivity index (χ4n) is 2.30. The van der Waals surface area contributed by atoms with Gasteiger partial charge in [0.15, 0.2) is 5.82 Å². The van der Waals surface area contributed by atoms with Gasteiger partial charge < -0.3 is 10.3 Å². The molecule has 2 N–H and O–H groups in total. The number of rotatable bonds is 6. The van der Waals surface area contributed by atoms with Gasteiger partial charge in [-0.15, -0.1) is 0 Å². The topological polar surface area (TPSA) is 64.9 Å². The first-order valence-corrected chi connectivity index (χ1v) is 8.30. The summed E-state index contributed by atoms with van der Waals surface area (Å²) in [4.78, 5) is 4.44. The Kier molecular flexibility index (Phi) is 5.28. The minimum absolute atomic E-state index is 0.175. The summed E-state index contributed by atoms with van der Waals surface area (Å²) in [5, 5.41) is 4.84. The van der Waals surface area contributed by atoms with Gasteiger partial charge in [0.1, 0.15) is 0 Å². The largest absolute Gasteiger partial charge is 0.339 e. The zero-order valence-electron chi connectivity index (χ0n) is 12.0. The van der Waals surface area contributed by atoms with Crippen LogP contribution in [-0.4, -0.2) is 20.9 Å². The number of hydrogen-bond donors (Lipinski definition) is 1. The van der Waals surface area contributed by atoms with Crippen LogP contribution in [0.3, 0.4) is 0 Å². The SMILES string of the molecule is CC(C)(N)CCc1nc(CSC2CCCCC2)no1. The normalized spacial score (nSPS) is 17.8. The van der Waals surface area contributed by atoms with Gasteiger partial charge in [-0.25, -0.2) is 0 Å². The third-order valence-corrected chi connectivity index (χ3v) is 4.86. The highest BCUT2D eigenvalue weighted by molar-refractivity contribution is 7.99. The Labute approximate surface area is 119 Å². The molecule has 0 amide bonds. The average Bonchev–Trinajstić information content (AvgIpc) is 2.82. The molecule has 1 aromatic rings. The number of aryl methyl sites for hydroxylation is 1. The van der Waals surface area contributed by atoms with E-state index in [0.29, 0.717) is 0 Å². The van der Waals surface area contributed by atoms with Crippen LogP contribution in [-0.2, 0) is 12.2 Å². The number of nitrogens with two attached hydrogens (primary N) is 1. The quantitative estimate of drug-likeness (QED) is 0.867. The molecule has 0 atom stereocenters. The van der Waals surface area contributed by atoms with Gasteiger partial charge in [0, 0.05) is 17.2 Å². The maximum atomic E-state index is 5.95. The molecule has 0 radical (unpaired) electrons. The van der Waals surface area contributed by atoms with Crippen molar-refractivity contribution in [2.45, 2.75) is 75.3 Å². The minimum Gasteiger partial charge on any atom is -0.339 e. The first-order valence-electron chi connectivity index (χ1n) is 7.25. The van der Waals surface area contributed by atoms with Gasteiger partial charge in [-0.05, 0) is 33.1 Å². The second kappa shape index (κ2) is 6.75. The molecule has 1 saturated carbocycles. The number of aromatic nitrogens is 2. The van der Waals surface area contributed by atoms with E-state index in [9.17, 15) is 0 Å². The van der Waals surface area contributed by atoms with Gasteiger partial charge in [0.2, 0.25) is 5.89 Å². The molecule has 108 valence electrons. The van der Waals surface area contributed by atoms with E-state index < -0.39 is 0 Å². The molecule has 4 nitrogen and oxygen atoms in total. The predicted octanol–water partition coefficient (Wildman–Crippen LogP) is 3.31. The number of thioether (sulfide) groups is 1. The lowest BCUT2D eigenvalue weighted by Crippen LogP contribution is -2.32. The Morgan fingerprint density at radius 3 is 2.74 bits per heavy atom. The van der Waals surface area contributed by atoms with E-state index in [1.165, 1.54) is 32.1 Å². The monoisotopic (exact) mass is 283 g/mol. The second-order valence-corrected chi connectivity index (χ2v) is 7.45. The summed E-state index contributed by atoms with van der Waals surface area (Å²) in [6.45, 7) is 4.03. The second-order valence-electron chi connectivity index (χ2n) is 6.16. The molecule has 2 rings (SSSR count). The van der Waals surface area contributed by atoms with Crippen LogP contribution in [0.1, 0.15) is 64.1 Å². The van der Waals surface area contributed by atoms with Gasteiger partial charge in [-0.2, -0.15) is 16.7 Å². The molecular formula is C14H25N3OS. The number of hydrogen-bond acceptors (Lipinski definition) is 5. The smallest absolute Gasteiger partial charge is 0.226 e. The van der Waals surface area contributed by atoms with E-state index in [4.69, 9.17) is 10.3 Å². The molecule has 19 heavy (non-hydrogen) atoms. The van der Waals surface area contributed by atoms with Gasteiger partial charge in [0.05, 0.1) is 5.75 Å². The van der Waals surface area contributed by atoms with Crippen LogP contribution in [0.25, 0.3) is 0 Å². The third kappa shape index (κ3) is 5.53. The molecule has 1 heterocycles. The summed E-state index contributed by atoms with van der Waals surface area (Å²) in [5.74, 6) is 2.43. The first-order chi connectivity index (χ1) is 9.03. The molecule has 1 aromatic heterocycles. The summed E-state index contributed by atoms with van der Waals surface area (Å²) >= 11 is 1.98. The van der Waals surface area contributed by atoms with Gasteiger partial charge >= 0.3 is 0 Å². The maximum Gasteiger partial charge on any atom is 0.226 e. The number of nitrogens with zero attached hydrogens (tertiary/aromatic N) is 2. The molecule has 5 heteroatoms. The van der Waals surface area contributed by atoms with Crippen LogP contribution in [0.2, 0.25) is 0 Å². The molecule has 0 unspecified atom stereocenters. The molecule has 0 spiro atoms. The maximum absolute atomic E-state index is 5.95. The van der Waals surface area contributed by atoms with Crippen molar-refractivity contribution in [2.24, 2.45) is 5.73 Å². The highest BCUT2D eigenvalue weighted by atomic mass is 32.2. The average molecular weight is 283 g/mol. The van der Waals surface area contributed by atoms with Crippen molar-refractivity contribution in [1.82, 2.24) is 10.1 Å². The highest BCUT2D eigenvalue weighted by Gasteiger charge is 2.17. The van der Waals surface area contributed by atoms with E-state index in [1.807, 2.05) is 25.6 Å². The Morgan fingerprint density at radius 2 is 2.05 bits per heavy atom. The predicted molar refractivity (Wildman–Crippen MR) is 79.1 cm³/mol. The van der Waals surface area contributed by atoms with Crippen molar-refractivity contribution in [3.05, 3.63) is 11.7 Å². The van der Waals surface area contributed by atoms with E-state index in [-0.39, 0.29) is 5.54 Å². The lowest BCUT2D eigenvalue weighted by atomic mass is 10.0. The van der Waals surface area contributed by atoms with Crippen LogP contribution >= 0.6 is 11.8 Å². The van der Waals surface area contributed by atoms with E-state index >= 15 is 0 Å². The Hall–Kier alpha value is -0.550. The van der Waals surface area contributed by atoms with Gasteiger partial charge in [-0.1, -0.05) is 24.4 Å². The van der Waals surface area contributed by atoms with Crippen molar-refractivity contribution < 1.29 is 4.52 Å². The molecule has 1 aliphatic carbocycles. The van der Waals surface area contributed by atoms with Crippen molar-refractivity contribution in [3.8, 4) is 0 Å². The van der Waals surface area contributed by atoms with Crippen LogP contribution in [0.5, 0.6) is 0 Å². The zero-order valence-corrected chi connectivity index (χ0v) is 12.8. The molecule has 1 fully saturated rings. The van der Waals surface area contributed by atoms with Crippen molar-refractivity contribution in [3.63, 3.8) is 0 Å². The lowest BCUT2D eigenvalue weighted by molar-refractivity contribution is 0.355. The molecule has 0 aromatic carbocycles. The summed E-state index contributed by atoms with van der Waals surface area (Å²) < 4.78 is 5.27. The van der Waals surface area contributed by atoms with Crippen LogP contribution in [0.4, 0.5) is 0 Å². The fourth-order valence-corrected chi connectivity index (χ4v) is 3.47. The van der Waals surface area contributed by atoms with E-state index in [0.717, 1.165) is 35.6 Å². The summed E-state index contributed by atoms with van der Waals surface area (Å²) in [5.41, 5.74) is 5.78. The minimum atomic E-state index is -0.175. The lowest BCUT2D eigenvalue weighted by Gasteiger charge is -2.20. The van der Waals surface area contributed by atoms with Crippen molar-refractivity contribution in [2.75, 3.05) is 0 Å². The van der Waals surface area contributed by atoms with E-state index in [1.54, 1.807) is 0 Å². The highest BCUT2D eigenvalue weighted by Crippen LogP contribution is 2.29. The fraction of sp³-hybridized carbons (Fsp3) is 0.857. The summed E-state index contributed by atoms with van der Waals surface area (Å²) in [7, 11) is 0. The molecule has 0 bridgehead atoms. The van der Waals surface area contributed by atoms with E-state index in [2.05, 4.69) is 10.1 Å². The zero-order chi connectivity index (χ0) is 13.7. The summed E-state index contributed by atoms with van der Waals surface area (Å²) in [6, 6.07) is 0. The van der Waals surface area contributed by atoms with Gasteiger partial charge in [-0.3, -0.25) is 0 Å². The van der Waals surface area contributed by atoms with Crippen molar-refractivity contribution in [1.29, 1.82) is 0 Å². The van der Waals surface area contributed by atoms with Crippen LogP contribution in [0, 0.1) is 0 Å². The summed E-state index contributed by atoms with van der Waals surface area (Å²) in [6.07, 6.45) is 8.47. The molecular weight excluding hydrogens is 258 g/mol. The Balaban J connectivity index is 1.74. The first kappa shape index (κ1) is 14.9. The molecule has 0 saturated heterocycles. The van der Waals surface area contributed by atoms with Crippen LogP contribution < -0.4 is 5.73 Å². The Bertz CT molecular complexity index is 380. The Morgan fingerprint density at radius 1 is 1.32 bits per heavy atom. The van der Waals surface area contributed by atoms with Crippen LogP contribution in [0.15, 0.2) is 4.52 Å². The molecule has 1 aliphatic rings. The standard InChI is InChI=1S/C14H25N3OS/c1-14(2,15)9-8-13-16-12(17-18-13)10-19-11-6-4-3-5-7-11/h11H,3-10,15H2,1-2H3.